The summed E-state index contributed by atoms with van der Waals surface area (Å²) in [6, 6.07) is 5.16. The SMILES string of the molecule is C=C(NCC(=O)Nc1ccc(F)cc1)C(=O)N(C)C(=C)C(O)C(=O)OC. The Morgan fingerprint density at radius 3 is 2.38 bits per heavy atom. The number of methoxy groups -OCH3 is 1. The Labute approximate surface area is 149 Å². The number of benzene rings is 1. The van der Waals surface area contributed by atoms with Gasteiger partial charge in [0.15, 0.2) is 6.10 Å². The summed E-state index contributed by atoms with van der Waals surface area (Å²) in [5, 5.41) is 14.7. The van der Waals surface area contributed by atoms with Crippen molar-refractivity contribution in [3.05, 3.63) is 54.6 Å². The summed E-state index contributed by atoms with van der Waals surface area (Å²) in [6.07, 6.45) is -1.71. The molecule has 0 aliphatic heterocycles. The molecule has 0 heterocycles. The molecule has 0 radical (unpaired) electrons. The van der Waals surface area contributed by atoms with E-state index in [-0.39, 0.29) is 17.9 Å². The second-order valence-electron chi connectivity index (χ2n) is 5.17. The first-order chi connectivity index (χ1) is 12.2. The molecule has 1 rings (SSSR count). The number of aliphatic hydroxyl groups excluding tert-OH is 1. The number of nitrogens with zero attached hydrogens (tertiary/aromatic N) is 1. The van der Waals surface area contributed by atoms with Crippen LogP contribution in [0.2, 0.25) is 0 Å². The highest BCUT2D eigenvalue weighted by atomic mass is 19.1. The van der Waals surface area contributed by atoms with Gasteiger partial charge < -0.3 is 25.4 Å². The molecule has 0 saturated heterocycles. The van der Waals surface area contributed by atoms with Gasteiger partial charge in [-0.3, -0.25) is 9.59 Å². The molecule has 1 unspecified atom stereocenters. The van der Waals surface area contributed by atoms with Crippen LogP contribution in [0.4, 0.5) is 10.1 Å². The standard InChI is InChI=1S/C17H20FN3O5/c1-10(16(24)21(3)11(2)15(23)17(25)26-4)19-9-14(22)20-13-7-5-12(18)6-8-13/h5-8,15,19,23H,1-2,9H2,3-4H3,(H,20,22). The Morgan fingerprint density at radius 2 is 1.85 bits per heavy atom. The highest BCUT2D eigenvalue weighted by molar-refractivity contribution is 5.96. The number of hydrogen-bond donors (Lipinski definition) is 3. The number of anilines is 1. The highest BCUT2D eigenvalue weighted by Gasteiger charge is 2.26. The lowest BCUT2D eigenvalue weighted by Crippen LogP contribution is -2.40. The first kappa shape index (κ1) is 20.8. The van der Waals surface area contributed by atoms with Gasteiger partial charge in [0, 0.05) is 12.7 Å². The molecular formula is C17H20FN3O5. The van der Waals surface area contributed by atoms with Crippen LogP contribution >= 0.6 is 0 Å². The van der Waals surface area contributed by atoms with Crippen molar-refractivity contribution in [3.8, 4) is 0 Å². The topological polar surface area (TPSA) is 108 Å². The van der Waals surface area contributed by atoms with Gasteiger partial charge in [-0.25, -0.2) is 9.18 Å². The lowest BCUT2D eigenvalue weighted by Gasteiger charge is -2.23. The minimum atomic E-state index is -1.71. The number of carbonyl (C=O) groups excluding carboxylic acids is 3. The molecule has 0 aliphatic rings. The second kappa shape index (κ2) is 9.33. The molecule has 1 aromatic rings. The number of hydrogen-bond acceptors (Lipinski definition) is 6. The number of esters is 1. The van der Waals surface area contributed by atoms with Crippen LogP contribution < -0.4 is 10.6 Å². The van der Waals surface area contributed by atoms with E-state index in [1.165, 1.54) is 31.3 Å². The molecule has 1 atom stereocenters. The van der Waals surface area contributed by atoms with Crippen LogP contribution in [0.3, 0.4) is 0 Å². The number of rotatable bonds is 8. The van der Waals surface area contributed by atoms with Gasteiger partial charge in [0.1, 0.15) is 5.82 Å². The molecule has 26 heavy (non-hydrogen) atoms. The maximum atomic E-state index is 12.8. The summed E-state index contributed by atoms with van der Waals surface area (Å²) in [5.41, 5.74) is 0.0300. The van der Waals surface area contributed by atoms with Crippen LogP contribution in [0, 0.1) is 5.82 Å². The molecule has 2 amide bonds. The fourth-order valence-electron chi connectivity index (χ4n) is 1.76. The van der Waals surface area contributed by atoms with E-state index in [1.807, 2.05) is 0 Å². The van der Waals surface area contributed by atoms with E-state index in [0.29, 0.717) is 5.69 Å². The first-order valence-electron chi connectivity index (χ1n) is 7.38. The quantitative estimate of drug-likeness (QED) is 0.454. The maximum Gasteiger partial charge on any atom is 0.340 e. The third-order valence-electron chi connectivity index (χ3n) is 3.32. The van der Waals surface area contributed by atoms with Gasteiger partial charge in [0.2, 0.25) is 5.91 Å². The van der Waals surface area contributed by atoms with E-state index in [9.17, 15) is 23.9 Å². The zero-order valence-electron chi connectivity index (χ0n) is 14.4. The van der Waals surface area contributed by atoms with E-state index in [2.05, 4.69) is 28.5 Å². The number of amides is 2. The Morgan fingerprint density at radius 1 is 1.27 bits per heavy atom. The van der Waals surface area contributed by atoms with Crippen molar-refractivity contribution in [3.63, 3.8) is 0 Å². The van der Waals surface area contributed by atoms with Crippen molar-refractivity contribution in [2.24, 2.45) is 0 Å². The van der Waals surface area contributed by atoms with E-state index in [4.69, 9.17) is 0 Å². The van der Waals surface area contributed by atoms with Gasteiger partial charge in [-0.1, -0.05) is 13.2 Å². The second-order valence-corrected chi connectivity index (χ2v) is 5.17. The smallest absolute Gasteiger partial charge is 0.340 e. The number of carbonyl (C=O) groups is 3. The summed E-state index contributed by atoms with van der Waals surface area (Å²) in [4.78, 5) is 36.2. The maximum absolute atomic E-state index is 12.8. The Kier molecular flexibility index (Phi) is 7.48. The van der Waals surface area contributed by atoms with E-state index >= 15 is 0 Å². The van der Waals surface area contributed by atoms with Crippen molar-refractivity contribution in [1.82, 2.24) is 10.2 Å². The van der Waals surface area contributed by atoms with Gasteiger partial charge in [0.25, 0.3) is 5.91 Å². The van der Waals surface area contributed by atoms with Crippen LogP contribution in [0.1, 0.15) is 0 Å². The monoisotopic (exact) mass is 365 g/mol. The number of nitrogens with one attached hydrogen (secondary N) is 2. The number of likely N-dealkylation sites (N-methyl/N-ethyl adjacent to an activating group) is 1. The molecule has 0 bridgehead atoms. The van der Waals surface area contributed by atoms with Gasteiger partial charge in [-0.05, 0) is 24.3 Å². The number of halogens is 1. The van der Waals surface area contributed by atoms with Gasteiger partial charge >= 0.3 is 5.97 Å². The fraction of sp³-hybridized carbons (Fsp3) is 0.235. The molecule has 0 aliphatic carbocycles. The molecule has 8 nitrogen and oxygen atoms in total. The largest absolute Gasteiger partial charge is 0.467 e. The summed E-state index contributed by atoms with van der Waals surface area (Å²) >= 11 is 0. The molecule has 0 fully saturated rings. The predicted molar refractivity (Wildman–Crippen MR) is 92.1 cm³/mol. The Bertz CT molecular complexity index is 718. The van der Waals surface area contributed by atoms with Crippen LogP contribution in [0.5, 0.6) is 0 Å². The van der Waals surface area contributed by atoms with Crippen molar-refractivity contribution >= 4 is 23.5 Å². The molecule has 140 valence electrons. The summed E-state index contributed by atoms with van der Waals surface area (Å²) < 4.78 is 17.2. The van der Waals surface area contributed by atoms with Gasteiger partial charge in [0.05, 0.1) is 25.0 Å². The van der Waals surface area contributed by atoms with E-state index < -0.39 is 29.7 Å². The van der Waals surface area contributed by atoms with Crippen molar-refractivity contribution in [1.29, 1.82) is 0 Å². The first-order valence-corrected chi connectivity index (χ1v) is 7.38. The minimum absolute atomic E-state index is 0.153. The minimum Gasteiger partial charge on any atom is -0.467 e. The molecule has 3 N–H and O–H groups in total. The Balaban J connectivity index is 2.54. The lowest BCUT2D eigenvalue weighted by molar-refractivity contribution is -0.149. The number of aliphatic hydroxyl groups is 1. The lowest BCUT2D eigenvalue weighted by atomic mass is 10.2. The molecule has 0 aromatic heterocycles. The van der Waals surface area contributed by atoms with Crippen molar-refractivity contribution in [2.45, 2.75) is 6.10 Å². The van der Waals surface area contributed by atoms with Crippen molar-refractivity contribution < 1.29 is 28.6 Å². The normalized spacial score (nSPS) is 11.1. The summed E-state index contributed by atoms with van der Waals surface area (Å²) in [7, 11) is 2.36. The third-order valence-corrected chi connectivity index (χ3v) is 3.32. The molecule has 9 heteroatoms. The van der Waals surface area contributed by atoms with Crippen LogP contribution in [-0.4, -0.2) is 54.6 Å². The van der Waals surface area contributed by atoms with Crippen LogP contribution in [0.15, 0.2) is 48.8 Å². The van der Waals surface area contributed by atoms with Crippen molar-refractivity contribution in [2.75, 3.05) is 26.0 Å². The zero-order valence-corrected chi connectivity index (χ0v) is 14.4. The summed E-state index contributed by atoms with van der Waals surface area (Å²) in [6.45, 7) is 6.69. The van der Waals surface area contributed by atoms with Crippen LogP contribution in [-0.2, 0) is 19.1 Å². The molecule has 1 aromatic carbocycles. The average molecular weight is 365 g/mol. The van der Waals surface area contributed by atoms with Gasteiger partial charge in [-0.15, -0.1) is 0 Å². The highest BCUT2D eigenvalue weighted by Crippen LogP contribution is 2.10. The zero-order chi connectivity index (χ0) is 19.9. The average Bonchev–Trinajstić information content (AvgIpc) is 2.64. The molecule has 0 saturated carbocycles. The van der Waals surface area contributed by atoms with E-state index in [0.717, 1.165) is 12.0 Å². The van der Waals surface area contributed by atoms with Crippen LogP contribution in [0.25, 0.3) is 0 Å². The molecule has 0 spiro atoms. The summed E-state index contributed by atoms with van der Waals surface area (Å²) in [5.74, 6) is -2.58. The number of ether oxygens (including phenoxy) is 1. The molecular weight excluding hydrogens is 345 g/mol. The van der Waals surface area contributed by atoms with E-state index in [1.54, 1.807) is 0 Å². The Hall–Kier alpha value is -3.20. The fourth-order valence-corrected chi connectivity index (χ4v) is 1.76. The third kappa shape index (κ3) is 5.71. The van der Waals surface area contributed by atoms with Gasteiger partial charge in [-0.2, -0.15) is 0 Å². The predicted octanol–water partition coefficient (Wildman–Crippen LogP) is 0.373.